The number of hydrogen-bond donors (Lipinski definition) is 1. The van der Waals surface area contributed by atoms with Gasteiger partial charge in [-0.25, -0.2) is 0 Å². The Balaban J connectivity index is 0.000000596. The van der Waals surface area contributed by atoms with Crippen molar-refractivity contribution in [2.45, 2.75) is 5.71 Å². The molecule has 4 nitrogen and oxygen atoms in total. The van der Waals surface area contributed by atoms with E-state index < -0.39 is 18.6 Å². The maximum absolute atomic E-state index is 8.36. The smallest absolute Gasteiger partial charge is 0.291 e. The first-order valence-corrected chi connectivity index (χ1v) is 14.8. The fraction of sp³-hybridized carbons (Fsp3) is 0.0526. The molecule has 0 amide bonds. The van der Waals surface area contributed by atoms with Gasteiger partial charge in [0.1, 0.15) is 0 Å². The van der Waals surface area contributed by atoms with Gasteiger partial charge in [0.15, 0.2) is 0 Å². The standard InChI is InChI=1S/C19H15AsBr3.HNO3/c1-20(14-2-8-17(21)9-3-14,15-4-10-18(22)11-5-15)16-6-12-19(23)13-7-16;2-1(3)4/h2-13H,1H3;(H,2,3,4)/q+1;. The largest absolute Gasteiger partial charge is 0.328 e. The Labute approximate surface area is 185 Å². The summed E-state index contributed by atoms with van der Waals surface area (Å²) in [5.74, 6) is 0. The van der Waals surface area contributed by atoms with E-state index in [1.54, 1.807) is 0 Å². The van der Waals surface area contributed by atoms with Crippen LogP contribution in [-0.4, -0.2) is 23.8 Å². The summed E-state index contributed by atoms with van der Waals surface area (Å²) >= 11 is 8.21. The van der Waals surface area contributed by atoms with E-state index in [9.17, 15) is 0 Å². The third-order valence-corrected chi connectivity index (χ3v) is 14.0. The van der Waals surface area contributed by atoms with E-state index in [-0.39, 0.29) is 0 Å². The van der Waals surface area contributed by atoms with Crippen LogP contribution < -0.4 is 13.1 Å². The Kier molecular flexibility index (Phi) is 8.10. The quantitative estimate of drug-likeness (QED) is 0.262. The predicted octanol–water partition coefficient (Wildman–Crippen LogP) is 4.73. The summed E-state index contributed by atoms with van der Waals surface area (Å²) in [5.41, 5.74) is 2.45. The van der Waals surface area contributed by atoms with Crippen LogP contribution in [0.2, 0.25) is 5.71 Å². The van der Waals surface area contributed by atoms with Crippen LogP contribution in [0.25, 0.3) is 0 Å². The van der Waals surface area contributed by atoms with Crippen LogP contribution in [0.4, 0.5) is 0 Å². The molecule has 0 heterocycles. The topological polar surface area (TPSA) is 63.4 Å². The van der Waals surface area contributed by atoms with E-state index in [2.05, 4.69) is 126 Å². The molecular formula is C19H16AsBr3NO3+. The third-order valence-electron chi connectivity index (χ3n) is 4.03. The minimum atomic E-state index is -2.44. The van der Waals surface area contributed by atoms with E-state index in [4.69, 9.17) is 15.3 Å². The first-order chi connectivity index (χ1) is 12.7. The van der Waals surface area contributed by atoms with Crippen molar-refractivity contribution in [3.8, 4) is 0 Å². The summed E-state index contributed by atoms with van der Waals surface area (Å²) in [4.78, 5) is 8.36. The Morgan fingerprint density at radius 1 is 0.704 bits per heavy atom. The van der Waals surface area contributed by atoms with Crippen molar-refractivity contribution in [3.05, 3.63) is 96.3 Å². The summed E-state index contributed by atoms with van der Waals surface area (Å²) in [5, 5.41) is 13.6. The molecule has 0 saturated carbocycles. The Hall–Kier alpha value is -1.14. The maximum Gasteiger partial charge on any atom is 0.291 e. The van der Waals surface area contributed by atoms with Crippen molar-refractivity contribution in [3.63, 3.8) is 0 Å². The molecule has 1 N–H and O–H groups in total. The van der Waals surface area contributed by atoms with E-state index in [1.807, 2.05) is 0 Å². The molecule has 0 aliphatic rings. The molecule has 0 spiro atoms. The van der Waals surface area contributed by atoms with Crippen LogP contribution in [-0.2, 0) is 0 Å². The molecule has 0 aromatic heterocycles. The average molecular weight is 621 g/mol. The first kappa shape index (κ1) is 22.2. The van der Waals surface area contributed by atoms with Crippen molar-refractivity contribution >= 4 is 74.4 Å². The zero-order chi connectivity index (χ0) is 20.0. The van der Waals surface area contributed by atoms with Crippen molar-refractivity contribution in [1.29, 1.82) is 0 Å². The fourth-order valence-electron chi connectivity index (χ4n) is 2.66. The van der Waals surface area contributed by atoms with Gasteiger partial charge in [0.2, 0.25) is 0 Å². The van der Waals surface area contributed by atoms with Crippen LogP contribution in [0.1, 0.15) is 0 Å². The summed E-state index contributed by atoms with van der Waals surface area (Å²) in [6.07, 6.45) is 0. The fourth-order valence-corrected chi connectivity index (χ4v) is 10.0. The van der Waals surface area contributed by atoms with Crippen molar-refractivity contribution in [2.75, 3.05) is 0 Å². The van der Waals surface area contributed by atoms with Crippen LogP contribution in [0, 0.1) is 10.1 Å². The Bertz CT molecular complexity index is 786. The normalized spacial score (nSPS) is 10.7. The van der Waals surface area contributed by atoms with Crippen molar-refractivity contribution in [1.82, 2.24) is 0 Å². The molecular weight excluding hydrogens is 605 g/mol. The first-order valence-electron chi connectivity index (χ1n) is 7.71. The molecule has 0 saturated heterocycles. The van der Waals surface area contributed by atoms with Crippen molar-refractivity contribution < 1.29 is 10.3 Å². The van der Waals surface area contributed by atoms with Gasteiger partial charge >= 0.3 is 166 Å². The predicted molar refractivity (Wildman–Crippen MR) is 122 cm³/mol. The van der Waals surface area contributed by atoms with Crippen LogP contribution in [0.15, 0.2) is 86.2 Å². The van der Waals surface area contributed by atoms with Crippen LogP contribution in [0.3, 0.4) is 0 Å². The van der Waals surface area contributed by atoms with Gasteiger partial charge in [-0.2, -0.15) is 0 Å². The van der Waals surface area contributed by atoms with Gasteiger partial charge in [0, 0.05) is 0 Å². The number of halogens is 3. The molecule has 3 aromatic carbocycles. The summed E-state index contributed by atoms with van der Waals surface area (Å²) in [7, 11) is 0. The zero-order valence-electron chi connectivity index (χ0n) is 14.2. The van der Waals surface area contributed by atoms with E-state index >= 15 is 0 Å². The molecule has 0 radical (unpaired) electrons. The third kappa shape index (κ3) is 5.92. The van der Waals surface area contributed by atoms with Crippen LogP contribution >= 0.6 is 47.8 Å². The molecule has 0 bridgehead atoms. The molecule has 140 valence electrons. The van der Waals surface area contributed by atoms with Gasteiger partial charge in [-0.15, -0.1) is 10.1 Å². The molecule has 0 unspecified atom stereocenters. The monoisotopic (exact) mass is 618 g/mol. The zero-order valence-corrected chi connectivity index (χ0v) is 20.9. The van der Waals surface area contributed by atoms with Gasteiger partial charge in [-0.3, -0.25) is 0 Å². The van der Waals surface area contributed by atoms with Crippen molar-refractivity contribution in [2.24, 2.45) is 0 Å². The molecule has 8 heteroatoms. The average Bonchev–Trinajstić information content (AvgIpc) is 2.62. The Morgan fingerprint density at radius 3 is 1.07 bits per heavy atom. The molecule has 0 aliphatic carbocycles. The van der Waals surface area contributed by atoms with E-state index in [0.29, 0.717) is 0 Å². The second kappa shape index (κ2) is 9.87. The van der Waals surface area contributed by atoms with Gasteiger partial charge in [0.25, 0.3) is 5.09 Å². The minimum absolute atomic E-state index is 1.12. The molecule has 0 aliphatic heterocycles. The SMILES string of the molecule is C[As+](c1ccc(Br)cc1)(c1ccc(Br)cc1)c1ccc(Br)cc1.O=[N+]([O-])O. The number of hydrogen-bond acceptors (Lipinski definition) is 2. The summed E-state index contributed by atoms with van der Waals surface area (Å²) in [6.45, 7) is 0. The number of rotatable bonds is 3. The number of benzene rings is 3. The summed E-state index contributed by atoms with van der Waals surface area (Å²) in [6, 6.07) is 26.5. The van der Waals surface area contributed by atoms with E-state index in [0.717, 1.165) is 13.4 Å². The maximum atomic E-state index is 8.36. The second-order valence-electron chi connectivity index (χ2n) is 5.67. The molecule has 0 atom stereocenters. The minimum Gasteiger partial charge on any atom is -0.328 e. The molecule has 3 aromatic rings. The molecule has 27 heavy (non-hydrogen) atoms. The van der Waals surface area contributed by atoms with Crippen LogP contribution in [0.5, 0.6) is 0 Å². The number of nitrogens with zero attached hydrogens (tertiary/aromatic N) is 1. The molecule has 0 fully saturated rings. The second-order valence-corrected chi connectivity index (χ2v) is 15.9. The summed E-state index contributed by atoms with van der Waals surface area (Å²) < 4.78 is 7.68. The van der Waals surface area contributed by atoms with Gasteiger partial charge in [-0.05, 0) is 0 Å². The molecule has 3 rings (SSSR count). The van der Waals surface area contributed by atoms with Gasteiger partial charge in [0.05, 0.1) is 0 Å². The van der Waals surface area contributed by atoms with E-state index in [1.165, 1.54) is 13.1 Å². The Morgan fingerprint density at radius 2 is 0.889 bits per heavy atom. The van der Waals surface area contributed by atoms with Gasteiger partial charge in [-0.1, -0.05) is 0 Å². The van der Waals surface area contributed by atoms with Gasteiger partial charge < -0.3 is 5.21 Å².